The van der Waals surface area contributed by atoms with Crippen molar-refractivity contribution in [3.63, 3.8) is 0 Å². The standard InChI is InChI=1S/C16H34O6Si/c1-7-13-16(22-15(9-3)21-14(17)8-2)23(18-10-4,19-11-5)20-12-6/h15-16H,7-13H2,1-6H3. The molecule has 0 aliphatic rings. The highest BCUT2D eigenvalue weighted by molar-refractivity contribution is 6.62. The second kappa shape index (κ2) is 12.9. The highest BCUT2D eigenvalue weighted by Gasteiger charge is 2.51. The number of rotatable bonds is 14. The van der Waals surface area contributed by atoms with Gasteiger partial charge >= 0.3 is 14.8 Å². The van der Waals surface area contributed by atoms with Gasteiger partial charge in [0.05, 0.1) is 0 Å². The Bertz CT molecular complexity index is 296. The summed E-state index contributed by atoms with van der Waals surface area (Å²) < 4.78 is 29.2. The number of carbonyl (C=O) groups excluding carboxylic acids is 1. The van der Waals surface area contributed by atoms with Crippen LogP contribution in [0.1, 0.15) is 67.2 Å². The molecule has 0 bridgehead atoms. The van der Waals surface area contributed by atoms with Crippen LogP contribution in [0.25, 0.3) is 0 Å². The molecule has 138 valence electrons. The molecule has 0 rings (SSSR count). The summed E-state index contributed by atoms with van der Waals surface area (Å²) in [6.45, 7) is 13.0. The molecule has 0 aromatic heterocycles. The Labute approximate surface area is 142 Å². The van der Waals surface area contributed by atoms with Gasteiger partial charge in [0.25, 0.3) is 0 Å². The molecule has 0 aromatic carbocycles. The van der Waals surface area contributed by atoms with Gasteiger partial charge in [-0.25, -0.2) is 0 Å². The molecule has 2 unspecified atom stereocenters. The van der Waals surface area contributed by atoms with Gasteiger partial charge in [-0.3, -0.25) is 4.79 Å². The first kappa shape index (κ1) is 22.5. The van der Waals surface area contributed by atoms with Crippen molar-refractivity contribution in [1.29, 1.82) is 0 Å². The van der Waals surface area contributed by atoms with Crippen molar-refractivity contribution in [2.75, 3.05) is 19.8 Å². The lowest BCUT2D eigenvalue weighted by molar-refractivity contribution is -0.190. The van der Waals surface area contributed by atoms with Crippen molar-refractivity contribution >= 4 is 14.8 Å². The zero-order chi connectivity index (χ0) is 17.7. The van der Waals surface area contributed by atoms with Crippen LogP contribution < -0.4 is 0 Å². The number of carbonyl (C=O) groups is 1. The van der Waals surface area contributed by atoms with Gasteiger partial charge in [-0.15, -0.1) is 0 Å². The fourth-order valence-electron chi connectivity index (χ4n) is 2.22. The topological polar surface area (TPSA) is 63.2 Å². The van der Waals surface area contributed by atoms with Crippen LogP contribution >= 0.6 is 0 Å². The molecule has 23 heavy (non-hydrogen) atoms. The summed E-state index contributed by atoms with van der Waals surface area (Å²) in [7, 11) is -3.00. The number of ether oxygens (including phenoxy) is 2. The van der Waals surface area contributed by atoms with E-state index in [1.165, 1.54) is 0 Å². The Morgan fingerprint density at radius 1 is 0.913 bits per heavy atom. The Morgan fingerprint density at radius 2 is 1.43 bits per heavy atom. The Kier molecular flexibility index (Phi) is 12.6. The Hall–Kier alpha value is -0.473. The monoisotopic (exact) mass is 350 g/mol. The van der Waals surface area contributed by atoms with Crippen LogP contribution in [-0.2, 0) is 27.5 Å². The zero-order valence-electron chi connectivity index (χ0n) is 15.6. The van der Waals surface area contributed by atoms with E-state index in [0.29, 0.717) is 32.7 Å². The smallest absolute Gasteiger partial charge is 0.436 e. The molecule has 0 N–H and O–H groups in total. The van der Waals surface area contributed by atoms with Gasteiger partial charge in [-0.05, 0) is 27.2 Å². The van der Waals surface area contributed by atoms with Crippen LogP contribution in [0.4, 0.5) is 0 Å². The van der Waals surface area contributed by atoms with E-state index in [4.69, 9.17) is 22.8 Å². The quantitative estimate of drug-likeness (QED) is 0.272. The highest BCUT2D eigenvalue weighted by Crippen LogP contribution is 2.24. The maximum absolute atomic E-state index is 11.6. The minimum Gasteiger partial charge on any atom is -0.436 e. The van der Waals surface area contributed by atoms with E-state index in [9.17, 15) is 4.79 Å². The van der Waals surface area contributed by atoms with E-state index in [-0.39, 0.29) is 11.7 Å². The SMILES string of the molecule is CCCC(OC(CC)OC(=O)CC)[Si](OCC)(OCC)OCC. The van der Waals surface area contributed by atoms with Crippen molar-refractivity contribution in [2.45, 2.75) is 79.2 Å². The summed E-state index contributed by atoms with van der Waals surface area (Å²) in [5, 5.41) is 0. The van der Waals surface area contributed by atoms with Crippen LogP contribution in [0.5, 0.6) is 0 Å². The fraction of sp³-hybridized carbons (Fsp3) is 0.938. The van der Waals surface area contributed by atoms with Gasteiger partial charge in [-0.2, -0.15) is 0 Å². The molecule has 0 saturated carbocycles. The first-order chi connectivity index (χ1) is 11.0. The molecule has 0 amide bonds. The third-order valence-electron chi connectivity index (χ3n) is 3.18. The molecule has 0 fully saturated rings. The van der Waals surface area contributed by atoms with Gasteiger partial charge in [0, 0.05) is 32.7 Å². The highest BCUT2D eigenvalue weighted by atomic mass is 28.4. The van der Waals surface area contributed by atoms with Gasteiger partial charge in [0.2, 0.25) is 6.29 Å². The average molecular weight is 351 g/mol. The van der Waals surface area contributed by atoms with Crippen LogP contribution in [0.15, 0.2) is 0 Å². The van der Waals surface area contributed by atoms with Gasteiger partial charge in [0.15, 0.2) is 0 Å². The van der Waals surface area contributed by atoms with E-state index in [0.717, 1.165) is 12.8 Å². The third-order valence-corrected chi connectivity index (χ3v) is 6.47. The van der Waals surface area contributed by atoms with Crippen LogP contribution in [-0.4, -0.2) is 46.6 Å². The number of hydrogen-bond donors (Lipinski definition) is 0. The minimum atomic E-state index is -3.00. The van der Waals surface area contributed by atoms with E-state index in [2.05, 4.69) is 6.92 Å². The van der Waals surface area contributed by atoms with E-state index in [1.54, 1.807) is 6.92 Å². The second-order valence-corrected chi connectivity index (χ2v) is 7.71. The summed E-state index contributed by atoms with van der Waals surface area (Å²) >= 11 is 0. The molecule has 0 aromatic rings. The van der Waals surface area contributed by atoms with Crippen LogP contribution in [0.3, 0.4) is 0 Å². The lowest BCUT2D eigenvalue weighted by Crippen LogP contribution is -2.58. The van der Waals surface area contributed by atoms with Crippen LogP contribution in [0, 0.1) is 0 Å². The largest absolute Gasteiger partial charge is 0.531 e. The van der Waals surface area contributed by atoms with Crippen molar-refractivity contribution in [3.8, 4) is 0 Å². The maximum Gasteiger partial charge on any atom is 0.531 e. The van der Waals surface area contributed by atoms with E-state index >= 15 is 0 Å². The van der Waals surface area contributed by atoms with Crippen molar-refractivity contribution in [1.82, 2.24) is 0 Å². The van der Waals surface area contributed by atoms with Gasteiger partial charge < -0.3 is 22.8 Å². The van der Waals surface area contributed by atoms with Crippen molar-refractivity contribution < 1.29 is 27.5 Å². The zero-order valence-corrected chi connectivity index (χ0v) is 16.6. The molecule has 0 spiro atoms. The molecule has 6 nitrogen and oxygen atoms in total. The lowest BCUT2D eigenvalue weighted by atomic mass is 10.3. The molecule has 0 aliphatic heterocycles. The minimum absolute atomic E-state index is 0.274. The summed E-state index contributed by atoms with van der Waals surface area (Å²) in [6, 6.07) is 0. The number of hydrogen-bond acceptors (Lipinski definition) is 6. The first-order valence-electron chi connectivity index (χ1n) is 8.80. The van der Waals surface area contributed by atoms with Gasteiger partial charge in [0.1, 0.15) is 5.73 Å². The molecule has 0 aliphatic carbocycles. The summed E-state index contributed by atoms with van der Waals surface area (Å²) in [6.07, 6.45) is 1.91. The van der Waals surface area contributed by atoms with E-state index < -0.39 is 15.1 Å². The predicted molar refractivity (Wildman–Crippen MR) is 90.9 cm³/mol. The lowest BCUT2D eigenvalue weighted by Gasteiger charge is -2.36. The number of esters is 1. The summed E-state index contributed by atoms with van der Waals surface area (Å²) in [5.74, 6) is -0.274. The molecular weight excluding hydrogens is 316 g/mol. The van der Waals surface area contributed by atoms with E-state index in [1.807, 2.05) is 27.7 Å². The van der Waals surface area contributed by atoms with Crippen molar-refractivity contribution in [3.05, 3.63) is 0 Å². The molecule has 2 atom stereocenters. The second-order valence-electron chi connectivity index (χ2n) is 5.00. The average Bonchev–Trinajstić information content (AvgIpc) is 2.53. The first-order valence-corrected chi connectivity index (χ1v) is 10.6. The third kappa shape index (κ3) is 7.76. The molecule has 0 radical (unpaired) electrons. The predicted octanol–water partition coefficient (Wildman–Crippen LogP) is 3.45. The summed E-state index contributed by atoms with van der Waals surface area (Å²) in [4.78, 5) is 11.6. The Balaban J connectivity index is 5.27. The summed E-state index contributed by atoms with van der Waals surface area (Å²) in [5.41, 5.74) is -0.345. The molecule has 0 heterocycles. The molecule has 7 heteroatoms. The normalized spacial score (nSPS) is 14.5. The Morgan fingerprint density at radius 3 is 1.78 bits per heavy atom. The van der Waals surface area contributed by atoms with Crippen molar-refractivity contribution in [2.24, 2.45) is 0 Å². The molecular formula is C16H34O6Si. The van der Waals surface area contributed by atoms with Crippen LogP contribution in [0.2, 0.25) is 0 Å². The van der Waals surface area contributed by atoms with Gasteiger partial charge in [-0.1, -0.05) is 27.2 Å². The fourth-order valence-corrected chi connectivity index (χ4v) is 5.19. The maximum atomic E-state index is 11.6. The molecule has 0 saturated heterocycles.